The first-order valence-corrected chi connectivity index (χ1v) is 10.6. The van der Waals surface area contributed by atoms with Gasteiger partial charge in [0.05, 0.1) is 12.2 Å². The lowest BCUT2D eigenvalue weighted by molar-refractivity contribution is 0.0950. The summed E-state index contributed by atoms with van der Waals surface area (Å²) in [5, 5.41) is 2.98. The van der Waals surface area contributed by atoms with Crippen molar-refractivity contribution in [1.29, 1.82) is 0 Å². The van der Waals surface area contributed by atoms with Crippen LogP contribution in [0, 0.1) is 12.3 Å². The van der Waals surface area contributed by atoms with Crippen molar-refractivity contribution in [2.45, 2.75) is 33.7 Å². The molecule has 0 unspecified atom stereocenters. The predicted octanol–water partition coefficient (Wildman–Crippen LogP) is 4.20. The minimum Gasteiger partial charge on any atom is -0.399 e. The third-order valence-electron chi connectivity index (χ3n) is 5.70. The summed E-state index contributed by atoms with van der Waals surface area (Å²) >= 11 is 0. The Morgan fingerprint density at radius 2 is 1.71 bits per heavy atom. The molecule has 3 aromatic rings. The van der Waals surface area contributed by atoms with Gasteiger partial charge in [-0.05, 0) is 54.2 Å². The highest BCUT2D eigenvalue weighted by Crippen LogP contribution is 2.31. The van der Waals surface area contributed by atoms with Crippen LogP contribution in [0.25, 0.3) is 11.1 Å². The molecule has 0 bridgehead atoms. The highest BCUT2D eigenvalue weighted by Gasteiger charge is 2.30. The SMILES string of the molecule is Cc1nc(CNC(=O)c2ccc(-c3ccc(N)cc3)cc2)cc(N2CCC(C)(C)C2)n1. The molecular weight excluding hydrogens is 386 g/mol. The summed E-state index contributed by atoms with van der Waals surface area (Å²) in [4.78, 5) is 24.1. The average molecular weight is 416 g/mol. The monoisotopic (exact) mass is 415 g/mol. The number of nitrogens with zero attached hydrogens (tertiary/aromatic N) is 3. The maximum Gasteiger partial charge on any atom is 0.251 e. The van der Waals surface area contributed by atoms with Crippen molar-refractivity contribution in [3.05, 3.63) is 71.7 Å². The number of hydrogen-bond acceptors (Lipinski definition) is 5. The minimum absolute atomic E-state index is 0.121. The van der Waals surface area contributed by atoms with Gasteiger partial charge in [-0.2, -0.15) is 0 Å². The summed E-state index contributed by atoms with van der Waals surface area (Å²) in [6, 6.07) is 17.2. The van der Waals surface area contributed by atoms with Crippen LogP contribution in [-0.4, -0.2) is 29.0 Å². The normalized spacial score (nSPS) is 15.1. The molecule has 0 aliphatic carbocycles. The van der Waals surface area contributed by atoms with Gasteiger partial charge in [0.1, 0.15) is 11.6 Å². The molecule has 6 nitrogen and oxygen atoms in total. The van der Waals surface area contributed by atoms with Crippen molar-refractivity contribution >= 4 is 17.4 Å². The molecule has 31 heavy (non-hydrogen) atoms. The Morgan fingerprint density at radius 1 is 1.06 bits per heavy atom. The van der Waals surface area contributed by atoms with Crippen molar-refractivity contribution in [2.75, 3.05) is 23.7 Å². The zero-order valence-corrected chi connectivity index (χ0v) is 18.4. The van der Waals surface area contributed by atoms with Crippen LogP contribution in [0.4, 0.5) is 11.5 Å². The van der Waals surface area contributed by atoms with E-state index in [1.807, 2.05) is 61.5 Å². The van der Waals surface area contributed by atoms with Gasteiger partial charge < -0.3 is 16.0 Å². The molecule has 2 aromatic carbocycles. The first kappa shape index (κ1) is 20.8. The number of hydrogen-bond donors (Lipinski definition) is 2. The van der Waals surface area contributed by atoms with Gasteiger partial charge >= 0.3 is 0 Å². The van der Waals surface area contributed by atoms with E-state index in [0.29, 0.717) is 17.5 Å². The highest BCUT2D eigenvalue weighted by molar-refractivity contribution is 5.94. The largest absolute Gasteiger partial charge is 0.399 e. The number of rotatable bonds is 5. The third kappa shape index (κ3) is 5.02. The Labute approximate surface area is 183 Å². The number of nitrogen functional groups attached to an aromatic ring is 1. The molecular formula is C25H29N5O. The van der Waals surface area contributed by atoms with E-state index in [1.54, 1.807) is 0 Å². The Kier molecular flexibility index (Phi) is 5.63. The van der Waals surface area contributed by atoms with Crippen molar-refractivity contribution in [3.8, 4) is 11.1 Å². The number of anilines is 2. The van der Waals surface area contributed by atoms with E-state index in [-0.39, 0.29) is 5.91 Å². The van der Waals surface area contributed by atoms with Gasteiger partial charge in [0, 0.05) is 30.4 Å². The van der Waals surface area contributed by atoms with Gasteiger partial charge in [0.2, 0.25) is 0 Å². The van der Waals surface area contributed by atoms with E-state index < -0.39 is 0 Å². The number of aromatic nitrogens is 2. The second-order valence-corrected chi connectivity index (χ2v) is 8.98. The number of amides is 1. The molecule has 6 heteroatoms. The number of benzene rings is 2. The molecule has 1 aliphatic heterocycles. The van der Waals surface area contributed by atoms with Crippen LogP contribution in [0.3, 0.4) is 0 Å². The lowest BCUT2D eigenvalue weighted by Gasteiger charge is -2.21. The average Bonchev–Trinajstić information content (AvgIpc) is 3.12. The molecule has 0 spiro atoms. The summed E-state index contributed by atoms with van der Waals surface area (Å²) in [6.07, 6.45) is 1.15. The minimum atomic E-state index is -0.121. The Bertz CT molecular complexity index is 1070. The quantitative estimate of drug-likeness (QED) is 0.610. The smallest absolute Gasteiger partial charge is 0.251 e. The van der Waals surface area contributed by atoms with Gasteiger partial charge in [-0.15, -0.1) is 0 Å². The molecule has 0 atom stereocenters. The topological polar surface area (TPSA) is 84.1 Å². The fraction of sp³-hybridized carbons (Fsp3) is 0.320. The van der Waals surface area contributed by atoms with Crippen LogP contribution in [0.2, 0.25) is 0 Å². The molecule has 3 N–H and O–H groups in total. The van der Waals surface area contributed by atoms with E-state index in [4.69, 9.17) is 5.73 Å². The van der Waals surface area contributed by atoms with Gasteiger partial charge in [0.15, 0.2) is 0 Å². The van der Waals surface area contributed by atoms with Gasteiger partial charge in [0.25, 0.3) is 5.91 Å². The van der Waals surface area contributed by atoms with Gasteiger partial charge in [-0.3, -0.25) is 4.79 Å². The van der Waals surface area contributed by atoms with Crippen molar-refractivity contribution in [3.63, 3.8) is 0 Å². The molecule has 1 aromatic heterocycles. The number of carbonyl (C=O) groups excluding carboxylic acids is 1. The van der Waals surface area contributed by atoms with Crippen LogP contribution in [0.15, 0.2) is 54.6 Å². The molecule has 1 amide bonds. The van der Waals surface area contributed by atoms with E-state index in [9.17, 15) is 4.79 Å². The van der Waals surface area contributed by atoms with Crippen LogP contribution in [-0.2, 0) is 6.54 Å². The van der Waals surface area contributed by atoms with Crippen molar-refractivity contribution in [2.24, 2.45) is 5.41 Å². The van der Waals surface area contributed by atoms with E-state index in [2.05, 4.69) is 34.0 Å². The standard InChI is InChI=1S/C25H29N5O/c1-17-28-22(14-23(29-17)30-13-12-25(2,3)16-30)15-27-24(31)20-6-4-18(5-7-20)19-8-10-21(26)11-9-19/h4-11,14H,12-13,15-16,26H2,1-3H3,(H,27,31). The molecule has 1 saturated heterocycles. The molecule has 4 rings (SSSR count). The third-order valence-corrected chi connectivity index (χ3v) is 5.70. The number of nitrogens with two attached hydrogens (primary N) is 1. The number of nitrogens with one attached hydrogen (secondary N) is 1. The fourth-order valence-electron chi connectivity index (χ4n) is 3.94. The Balaban J connectivity index is 1.41. The number of carbonyl (C=O) groups is 1. The van der Waals surface area contributed by atoms with Gasteiger partial charge in [-0.25, -0.2) is 9.97 Å². The lowest BCUT2D eigenvalue weighted by Crippen LogP contribution is -2.26. The van der Waals surface area contributed by atoms with Gasteiger partial charge in [-0.1, -0.05) is 38.1 Å². The predicted molar refractivity (Wildman–Crippen MR) is 125 cm³/mol. The maximum atomic E-state index is 12.6. The van der Waals surface area contributed by atoms with Crippen LogP contribution in [0.1, 0.15) is 42.1 Å². The number of aryl methyl sites for hydroxylation is 1. The Morgan fingerprint density at radius 3 is 2.32 bits per heavy atom. The molecule has 2 heterocycles. The maximum absolute atomic E-state index is 12.6. The van der Waals surface area contributed by atoms with E-state index >= 15 is 0 Å². The summed E-state index contributed by atoms with van der Waals surface area (Å²) in [6.45, 7) is 8.80. The summed E-state index contributed by atoms with van der Waals surface area (Å²) in [5.74, 6) is 1.54. The summed E-state index contributed by atoms with van der Waals surface area (Å²) in [7, 11) is 0. The molecule has 1 fully saturated rings. The summed E-state index contributed by atoms with van der Waals surface area (Å²) < 4.78 is 0. The second kappa shape index (κ2) is 8.38. The first-order chi connectivity index (χ1) is 14.8. The fourth-order valence-corrected chi connectivity index (χ4v) is 3.94. The van der Waals surface area contributed by atoms with Crippen molar-refractivity contribution in [1.82, 2.24) is 15.3 Å². The highest BCUT2D eigenvalue weighted by atomic mass is 16.1. The zero-order chi connectivity index (χ0) is 22.0. The van der Waals surface area contributed by atoms with Crippen molar-refractivity contribution < 1.29 is 4.79 Å². The van der Waals surface area contributed by atoms with E-state index in [1.165, 1.54) is 0 Å². The Hall–Kier alpha value is -3.41. The summed E-state index contributed by atoms with van der Waals surface area (Å²) in [5.41, 5.74) is 10.3. The van der Waals surface area contributed by atoms with Crippen LogP contribution in [0.5, 0.6) is 0 Å². The molecule has 1 aliphatic rings. The van der Waals surface area contributed by atoms with E-state index in [0.717, 1.165) is 53.7 Å². The molecule has 160 valence electrons. The molecule has 0 saturated carbocycles. The van der Waals surface area contributed by atoms with Crippen LogP contribution < -0.4 is 16.0 Å². The molecule has 0 radical (unpaired) electrons. The second-order valence-electron chi connectivity index (χ2n) is 8.98. The van der Waals surface area contributed by atoms with Crippen LogP contribution >= 0.6 is 0 Å². The zero-order valence-electron chi connectivity index (χ0n) is 18.4. The first-order valence-electron chi connectivity index (χ1n) is 10.6. The lowest BCUT2D eigenvalue weighted by atomic mass is 9.93.